The van der Waals surface area contributed by atoms with E-state index in [9.17, 15) is 0 Å². The molecule has 0 rings (SSSR count). The van der Waals surface area contributed by atoms with E-state index in [0.717, 1.165) is 0 Å². The van der Waals surface area contributed by atoms with Gasteiger partial charge < -0.3 is 2.85 Å². The Kier molecular flexibility index (Phi) is 297. The van der Waals surface area contributed by atoms with E-state index in [2.05, 4.69) is 13.1 Å². The Hall–Kier alpha value is 2.99. The second-order valence-corrected chi connectivity index (χ2v) is 0. The van der Waals surface area contributed by atoms with E-state index in [0.29, 0.717) is 0 Å². The molecule has 0 unspecified atom stereocenters. The van der Waals surface area contributed by atoms with Crippen molar-refractivity contribution in [3.05, 3.63) is 0 Å². The number of nitriles is 2. The number of rotatable bonds is 0. The largest absolute Gasteiger partial charge is 1.00 e. The van der Waals surface area contributed by atoms with Gasteiger partial charge in [0.1, 0.15) is 0 Å². The van der Waals surface area contributed by atoms with Crippen LogP contribution in [0.2, 0.25) is 0 Å². The van der Waals surface area contributed by atoms with Crippen molar-refractivity contribution in [3.8, 4) is 13.1 Å². The smallest absolute Gasteiger partial charge is 1.00 e. The summed E-state index contributed by atoms with van der Waals surface area (Å²) >= 11 is 0. The summed E-state index contributed by atoms with van der Waals surface area (Å²) in [6.07, 6.45) is 0. The molecule has 0 aliphatic carbocycles. The van der Waals surface area contributed by atoms with Gasteiger partial charge in [-0.2, -0.15) is 0 Å². The van der Waals surface area contributed by atoms with Crippen LogP contribution in [-0.2, 0) is 22.4 Å². The molecule has 0 heterocycles. The number of hydrogen-bond acceptors (Lipinski definition) is 2. The number of nitrogens with zero attached hydrogens (tertiary/aromatic N) is 2. The first-order valence-electron chi connectivity index (χ1n) is 0.516. The summed E-state index contributed by atoms with van der Waals surface area (Å²) in [5.74, 6) is 0. The summed E-state index contributed by atoms with van der Waals surface area (Å²) in [6.45, 7) is 7.00. The summed E-state index contributed by atoms with van der Waals surface area (Å²) in [5.41, 5.74) is 0. The minimum absolute atomic E-state index is 0. The Morgan fingerprint density at radius 2 is 0.857 bits per heavy atom. The van der Waals surface area contributed by atoms with Gasteiger partial charge in [0.2, 0.25) is 0 Å². The van der Waals surface area contributed by atoms with Crippen molar-refractivity contribution in [2.75, 3.05) is 0 Å². The van der Waals surface area contributed by atoms with Crippen LogP contribution in [0, 0.1) is 23.7 Å². The van der Waals surface area contributed by atoms with Gasteiger partial charge in [0.25, 0.3) is 0 Å². The average Bonchev–Trinajstić information content (AvgIpc) is 1.50. The molecule has 5 heteroatoms. The van der Waals surface area contributed by atoms with Crippen LogP contribution in [0.25, 0.3) is 0 Å². The summed E-state index contributed by atoms with van der Waals surface area (Å²) in [5, 5.41) is 13.0. The maximum atomic E-state index is 6.50. The van der Waals surface area contributed by atoms with Crippen molar-refractivity contribution in [3.63, 3.8) is 0 Å². The summed E-state index contributed by atoms with van der Waals surface area (Å²) in [7, 11) is 0. The molecule has 35 valence electrons. The van der Waals surface area contributed by atoms with E-state index in [1.807, 2.05) is 0 Å². The monoisotopic (exact) mass is 241 g/mol. The first kappa shape index (κ1) is 32.4. The van der Waals surface area contributed by atoms with E-state index >= 15 is 0 Å². The Morgan fingerprint density at radius 3 is 0.857 bits per heavy atom. The first-order valence-corrected chi connectivity index (χ1v) is 0.516. The molecular weight excluding hydrogens is 238 g/mol. The third-order valence-electron chi connectivity index (χ3n) is 0. The quantitative estimate of drug-likeness (QED) is 0.398. The molecule has 0 fully saturated rings. The first-order chi connectivity index (χ1) is 2.00. The van der Waals surface area contributed by atoms with E-state index in [4.69, 9.17) is 10.5 Å². The van der Waals surface area contributed by atoms with Gasteiger partial charge in [-0.05, 0) is 0 Å². The summed E-state index contributed by atoms with van der Waals surface area (Å²) in [4.78, 5) is 0. The fraction of sp³-hybridized carbons (Fsp3) is 0. The van der Waals surface area contributed by atoms with Crippen LogP contribution < -0.4 is 103 Å². The maximum Gasteiger partial charge on any atom is 1.00 e. The third-order valence-corrected chi connectivity index (χ3v) is 0. The summed E-state index contributed by atoms with van der Waals surface area (Å²) < 4.78 is 0. The molecular formula is C2H4AgK2N2. The SMILES string of the molecule is C#N.C#N.[Ag].[H-].[H-].[K+].[K+]. The normalized spacial score (nSPS) is 0.571. The molecule has 0 atom stereocenters. The van der Waals surface area contributed by atoms with Crippen molar-refractivity contribution in [2.24, 2.45) is 0 Å². The summed E-state index contributed by atoms with van der Waals surface area (Å²) in [6, 6.07) is 0. The predicted molar refractivity (Wildman–Crippen MR) is 15.6 cm³/mol. The van der Waals surface area contributed by atoms with Gasteiger partial charge >= 0.3 is 103 Å². The van der Waals surface area contributed by atoms with Gasteiger partial charge in [-0.3, -0.25) is 0 Å². The van der Waals surface area contributed by atoms with Crippen LogP contribution in [0.1, 0.15) is 2.85 Å². The molecule has 0 saturated carbocycles. The Labute approximate surface area is 147 Å². The molecule has 7 heavy (non-hydrogen) atoms. The van der Waals surface area contributed by atoms with Crippen molar-refractivity contribution >= 4 is 0 Å². The standard InChI is InChI=1S/2CHN.Ag.2K.2H/c2*1-2;;;;;/h2*1H;;;;;/q;;;2*+1;2*-1. The molecule has 0 amide bonds. The topological polar surface area (TPSA) is 47.6 Å². The van der Waals surface area contributed by atoms with Gasteiger partial charge in [-0.15, -0.1) is 0 Å². The molecule has 0 aromatic rings. The zero-order chi connectivity index (χ0) is 4.00. The van der Waals surface area contributed by atoms with Crippen molar-refractivity contribution < 1.29 is 128 Å². The zero-order valence-corrected chi connectivity index (χ0v) is 12.1. The Balaban J connectivity index is -0.00000000114. The van der Waals surface area contributed by atoms with Crippen LogP contribution in [0.4, 0.5) is 0 Å². The Morgan fingerprint density at radius 1 is 0.857 bits per heavy atom. The van der Waals surface area contributed by atoms with Crippen LogP contribution in [0.3, 0.4) is 0 Å². The average molecular weight is 242 g/mol. The fourth-order valence-electron chi connectivity index (χ4n) is 0. The zero-order valence-electron chi connectivity index (χ0n) is 6.35. The minimum atomic E-state index is 0. The molecule has 1 radical (unpaired) electrons. The van der Waals surface area contributed by atoms with E-state index in [-0.39, 0.29) is 128 Å². The van der Waals surface area contributed by atoms with Crippen molar-refractivity contribution in [1.82, 2.24) is 0 Å². The van der Waals surface area contributed by atoms with Crippen LogP contribution >= 0.6 is 0 Å². The Bertz CT molecular complexity index is 36.0. The van der Waals surface area contributed by atoms with Gasteiger partial charge in [-0.1, -0.05) is 0 Å². The van der Waals surface area contributed by atoms with Crippen LogP contribution in [0.15, 0.2) is 0 Å². The molecule has 0 aliphatic heterocycles. The van der Waals surface area contributed by atoms with Gasteiger partial charge in [0.05, 0.1) is 0 Å². The van der Waals surface area contributed by atoms with E-state index in [1.54, 1.807) is 0 Å². The second kappa shape index (κ2) is 64.1. The molecule has 0 N–H and O–H groups in total. The van der Waals surface area contributed by atoms with Crippen molar-refractivity contribution in [1.29, 1.82) is 10.5 Å². The molecule has 0 aromatic heterocycles. The molecule has 2 nitrogen and oxygen atoms in total. The van der Waals surface area contributed by atoms with E-state index < -0.39 is 0 Å². The van der Waals surface area contributed by atoms with Gasteiger partial charge in [0.15, 0.2) is 0 Å². The van der Waals surface area contributed by atoms with Crippen LogP contribution in [0.5, 0.6) is 0 Å². The molecule has 0 aromatic carbocycles. The van der Waals surface area contributed by atoms with Crippen molar-refractivity contribution in [2.45, 2.75) is 0 Å². The number of hydrogen-bond donors (Lipinski definition) is 0. The van der Waals surface area contributed by atoms with Crippen LogP contribution in [-0.4, -0.2) is 0 Å². The maximum absolute atomic E-state index is 6.50. The second-order valence-electron chi connectivity index (χ2n) is 0. The molecule has 0 bridgehead atoms. The third kappa shape index (κ3) is 49.1. The van der Waals surface area contributed by atoms with Gasteiger partial charge in [0, 0.05) is 35.5 Å². The van der Waals surface area contributed by atoms with E-state index in [1.165, 1.54) is 0 Å². The minimum Gasteiger partial charge on any atom is -1.00 e. The molecule has 0 aliphatic rings. The van der Waals surface area contributed by atoms with Gasteiger partial charge in [-0.25, -0.2) is 10.5 Å². The predicted octanol–water partition coefficient (Wildman–Crippen LogP) is -5.49. The molecule has 0 saturated heterocycles. The molecule has 0 spiro atoms. The fourth-order valence-corrected chi connectivity index (χ4v) is 0.